The number of hydrogen-bond donors (Lipinski definition) is 1. The van der Waals surface area contributed by atoms with Gasteiger partial charge in [0.05, 0.1) is 17.3 Å². The van der Waals surface area contributed by atoms with Gasteiger partial charge in [0.15, 0.2) is 5.65 Å². The lowest BCUT2D eigenvalue weighted by molar-refractivity contribution is -0.182. The molecule has 1 N–H and O–H groups in total. The van der Waals surface area contributed by atoms with Gasteiger partial charge in [-0.15, -0.1) is 0 Å². The molecule has 2 atom stereocenters. The Hall–Kier alpha value is -2.32. The number of halogens is 3. The maximum atomic E-state index is 13.0. The highest BCUT2D eigenvalue weighted by Crippen LogP contribution is 2.58. The smallest absolute Gasteiger partial charge is 0.407 e. The Bertz CT molecular complexity index is 996. The molecule has 2 saturated carbocycles. The second-order valence-corrected chi connectivity index (χ2v) is 9.26. The molecule has 3 aliphatic rings. The number of alkyl halides is 3. The lowest BCUT2D eigenvalue weighted by atomic mass is 9.80. The summed E-state index contributed by atoms with van der Waals surface area (Å²) in [6, 6.07) is 3.90. The number of rotatable bonds is 2. The molecule has 5 rings (SSSR count). The van der Waals surface area contributed by atoms with Crippen molar-refractivity contribution in [3.63, 3.8) is 0 Å². The van der Waals surface area contributed by atoms with E-state index in [1.165, 1.54) is 4.90 Å². The van der Waals surface area contributed by atoms with E-state index in [1.807, 2.05) is 23.6 Å². The minimum absolute atomic E-state index is 0.00725. The van der Waals surface area contributed by atoms with Crippen molar-refractivity contribution in [2.75, 3.05) is 13.1 Å². The number of aromatic nitrogens is 3. The summed E-state index contributed by atoms with van der Waals surface area (Å²) in [7, 11) is 0. The Morgan fingerprint density at radius 3 is 2.60 bits per heavy atom. The molecule has 2 aromatic heterocycles. The fraction of sp³-hybridized carbons (Fsp3) is 0.667. The molecule has 3 heterocycles. The SMILES string of the molecule is Cc1cc([C@]23C[C@H]2CCN(C(=O)O)C3)n2nc([C@H]3CC[C@H](C(F)(F)F)CC3)cc2n1. The van der Waals surface area contributed by atoms with Gasteiger partial charge in [-0.25, -0.2) is 14.3 Å². The zero-order valence-electron chi connectivity index (χ0n) is 16.8. The van der Waals surface area contributed by atoms with Gasteiger partial charge < -0.3 is 10.0 Å². The first-order valence-corrected chi connectivity index (χ1v) is 10.6. The van der Waals surface area contributed by atoms with Crippen molar-refractivity contribution < 1.29 is 23.1 Å². The minimum atomic E-state index is -4.12. The summed E-state index contributed by atoms with van der Waals surface area (Å²) in [5, 5.41) is 14.3. The first kappa shape index (κ1) is 19.6. The lowest BCUT2D eigenvalue weighted by Crippen LogP contribution is -2.42. The third-order valence-corrected chi connectivity index (χ3v) is 7.42. The van der Waals surface area contributed by atoms with Crippen LogP contribution in [0.1, 0.15) is 61.5 Å². The van der Waals surface area contributed by atoms with E-state index in [9.17, 15) is 23.1 Å². The Labute approximate surface area is 172 Å². The summed E-state index contributed by atoms with van der Waals surface area (Å²) in [5.74, 6) is -0.766. The molecule has 1 amide bonds. The van der Waals surface area contributed by atoms with Gasteiger partial charge in [0.2, 0.25) is 0 Å². The highest BCUT2D eigenvalue weighted by molar-refractivity contribution is 5.66. The predicted octanol–water partition coefficient (Wildman–Crippen LogP) is 4.52. The fourth-order valence-corrected chi connectivity index (χ4v) is 5.63. The number of carboxylic acid groups (broad SMARTS) is 1. The first-order valence-electron chi connectivity index (χ1n) is 10.6. The summed E-state index contributed by atoms with van der Waals surface area (Å²) in [4.78, 5) is 17.6. The van der Waals surface area contributed by atoms with Crippen LogP contribution in [0.5, 0.6) is 0 Å². The van der Waals surface area contributed by atoms with Crippen LogP contribution in [0.15, 0.2) is 12.1 Å². The molecule has 0 unspecified atom stereocenters. The standard InChI is InChI=1S/C21H25F3N4O2/c1-12-8-17(20-10-15(20)6-7-27(11-20)19(29)30)28-18(25-12)9-16(26-28)13-2-4-14(5-3-13)21(22,23)24/h8-9,13-15H,2-7,10-11H2,1H3,(H,29,30)/t13-,14-,15-,20+/m1/s1. The number of piperidine rings is 1. The molecule has 30 heavy (non-hydrogen) atoms. The van der Waals surface area contributed by atoms with Crippen LogP contribution < -0.4 is 0 Å². The minimum Gasteiger partial charge on any atom is -0.465 e. The van der Waals surface area contributed by atoms with Crippen molar-refractivity contribution in [1.82, 2.24) is 19.5 Å². The van der Waals surface area contributed by atoms with E-state index in [2.05, 4.69) is 4.98 Å². The number of aryl methyl sites for hydroxylation is 1. The molecular weight excluding hydrogens is 397 g/mol. The van der Waals surface area contributed by atoms with E-state index in [1.54, 1.807) is 0 Å². The van der Waals surface area contributed by atoms with Crippen molar-refractivity contribution in [2.24, 2.45) is 11.8 Å². The summed E-state index contributed by atoms with van der Waals surface area (Å²) < 4.78 is 40.8. The summed E-state index contributed by atoms with van der Waals surface area (Å²) in [6.07, 6.45) is -2.02. The maximum absolute atomic E-state index is 13.0. The molecule has 0 bridgehead atoms. The predicted molar refractivity (Wildman–Crippen MR) is 102 cm³/mol. The zero-order valence-corrected chi connectivity index (χ0v) is 16.8. The van der Waals surface area contributed by atoms with Gasteiger partial charge >= 0.3 is 12.3 Å². The molecule has 3 fully saturated rings. The van der Waals surface area contributed by atoms with E-state index in [-0.39, 0.29) is 24.2 Å². The van der Waals surface area contributed by atoms with E-state index in [0.29, 0.717) is 37.5 Å². The molecule has 0 radical (unpaired) electrons. The van der Waals surface area contributed by atoms with Crippen LogP contribution in [0.3, 0.4) is 0 Å². The number of nitrogens with zero attached hydrogens (tertiary/aromatic N) is 4. The second-order valence-electron chi connectivity index (χ2n) is 9.26. The average Bonchev–Trinajstić information content (AvgIpc) is 3.29. The first-order chi connectivity index (χ1) is 14.2. The molecule has 1 saturated heterocycles. The molecule has 6 nitrogen and oxygen atoms in total. The number of fused-ring (bicyclic) bond motifs is 2. The highest BCUT2D eigenvalue weighted by atomic mass is 19.4. The Morgan fingerprint density at radius 1 is 1.20 bits per heavy atom. The molecule has 1 aliphatic heterocycles. The third kappa shape index (κ3) is 3.13. The quantitative estimate of drug-likeness (QED) is 0.773. The Kier molecular flexibility index (Phi) is 4.31. The van der Waals surface area contributed by atoms with Crippen LogP contribution in [0.4, 0.5) is 18.0 Å². The van der Waals surface area contributed by atoms with Crippen LogP contribution in [0.2, 0.25) is 0 Å². The van der Waals surface area contributed by atoms with Gasteiger partial charge in [0, 0.05) is 36.2 Å². The fourth-order valence-electron chi connectivity index (χ4n) is 5.63. The van der Waals surface area contributed by atoms with Crippen molar-refractivity contribution in [1.29, 1.82) is 0 Å². The summed E-state index contributed by atoms with van der Waals surface area (Å²) in [5.41, 5.74) is 3.09. The van der Waals surface area contributed by atoms with Crippen LogP contribution >= 0.6 is 0 Å². The number of hydrogen-bond acceptors (Lipinski definition) is 3. The van der Waals surface area contributed by atoms with Crippen LogP contribution in [-0.4, -0.2) is 50.0 Å². The molecule has 9 heteroatoms. The number of carbonyl (C=O) groups is 1. The van der Waals surface area contributed by atoms with Gasteiger partial charge in [0.1, 0.15) is 0 Å². The maximum Gasteiger partial charge on any atom is 0.407 e. The average molecular weight is 422 g/mol. The molecule has 2 aliphatic carbocycles. The normalized spacial score (nSPS) is 31.6. The summed E-state index contributed by atoms with van der Waals surface area (Å²) >= 11 is 0. The van der Waals surface area contributed by atoms with Crippen molar-refractivity contribution in [3.8, 4) is 0 Å². The van der Waals surface area contributed by atoms with Crippen LogP contribution in [-0.2, 0) is 5.41 Å². The molecule has 0 spiro atoms. The van der Waals surface area contributed by atoms with E-state index in [4.69, 9.17) is 5.10 Å². The summed E-state index contributed by atoms with van der Waals surface area (Å²) in [6.45, 7) is 2.93. The van der Waals surface area contributed by atoms with Crippen LogP contribution in [0.25, 0.3) is 5.65 Å². The zero-order chi connectivity index (χ0) is 21.3. The highest BCUT2D eigenvalue weighted by Gasteiger charge is 2.60. The van der Waals surface area contributed by atoms with Crippen LogP contribution in [0, 0.1) is 18.8 Å². The van der Waals surface area contributed by atoms with E-state index < -0.39 is 18.2 Å². The van der Waals surface area contributed by atoms with Gasteiger partial charge in [-0.1, -0.05) is 0 Å². The second kappa shape index (κ2) is 6.59. The topological polar surface area (TPSA) is 70.7 Å². The van der Waals surface area contributed by atoms with Crippen molar-refractivity contribution >= 4 is 11.7 Å². The largest absolute Gasteiger partial charge is 0.465 e. The Morgan fingerprint density at radius 2 is 1.93 bits per heavy atom. The Balaban J connectivity index is 1.46. The lowest BCUT2D eigenvalue weighted by Gasteiger charge is -2.31. The molecule has 2 aromatic rings. The van der Waals surface area contributed by atoms with E-state index >= 15 is 0 Å². The monoisotopic (exact) mass is 422 g/mol. The molecular formula is C21H25F3N4O2. The third-order valence-electron chi connectivity index (χ3n) is 7.42. The van der Waals surface area contributed by atoms with Gasteiger partial charge in [-0.05, 0) is 57.4 Å². The number of amides is 1. The number of likely N-dealkylation sites (tertiary alicyclic amines) is 1. The van der Waals surface area contributed by atoms with Crippen molar-refractivity contribution in [2.45, 2.75) is 63.0 Å². The van der Waals surface area contributed by atoms with Crippen molar-refractivity contribution in [3.05, 3.63) is 29.2 Å². The van der Waals surface area contributed by atoms with Gasteiger partial charge in [-0.2, -0.15) is 18.3 Å². The molecule has 0 aromatic carbocycles. The van der Waals surface area contributed by atoms with Gasteiger partial charge in [0.25, 0.3) is 0 Å². The molecule has 162 valence electrons. The van der Waals surface area contributed by atoms with Gasteiger partial charge in [-0.3, -0.25) is 0 Å². The van der Waals surface area contributed by atoms with E-state index in [0.717, 1.165) is 29.9 Å².